The van der Waals surface area contributed by atoms with Gasteiger partial charge in [-0.1, -0.05) is 31.1 Å². The fourth-order valence-electron chi connectivity index (χ4n) is 2.91. The van der Waals surface area contributed by atoms with Crippen molar-refractivity contribution >= 4 is 5.91 Å². The van der Waals surface area contributed by atoms with Gasteiger partial charge in [-0.05, 0) is 24.6 Å². The molecule has 1 saturated heterocycles. The van der Waals surface area contributed by atoms with Gasteiger partial charge in [0.2, 0.25) is 0 Å². The maximum Gasteiger partial charge on any atom is 0.259 e. The summed E-state index contributed by atoms with van der Waals surface area (Å²) in [7, 11) is 0. The molecule has 0 radical (unpaired) electrons. The van der Waals surface area contributed by atoms with Crippen LogP contribution in [0.25, 0.3) is 0 Å². The van der Waals surface area contributed by atoms with E-state index < -0.39 is 0 Å². The number of aromatic nitrogens is 1. The molecule has 1 amide bonds. The van der Waals surface area contributed by atoms with Crippen LogP contribution in [0.2, 0.25) is 0 Å². The van der Waals surface area contributed by atoms with Crippen LogP contribution in [0.1, 0.15) is 53.2 Å². The smallest absolute Gasteiger partial charge is 0.259 e. The van der Waals surface area contributed by atoms with Crippen LogP contribution in [-0.4, -0.2) is 35.7 Å². The highest BCUT2D eigenvalue weighted by atomic mass is 19.1. The second-order valence-corrected chi connectivity index (χ2v) is 6.32. The lowest BCUT2D eigenvalue weighted by atomic mass is 10.0. The van der Waals surface area contributed by atoms with E-state index in [2.05, 4.69) is 5.16 Å². The number of amides is 1. The predicted molar refractivity (Wildman–Crippen MR) is 86.3 cm³/mol. The van der Waals surface area contributed by atoms with E-state index in [-0.39, 0.29) is 23.7 Å². The highest BCUT2D eigenvalue weighted by molar-refractivity contribution is 5.96. The molecule has 0 saturated carbocycles. The third-order valence-corrected chi connectivity index (χ3v) is 4.22. The number of ether oxygens (including phenoxy) is 1. The van der Waals surface area contributed by atoms with Crippen molar-refractivity contribution in [2.24, 2.45) is 0 Å². The Morgan fingerprint density at radius 2 is 2.04 bits per heavy atom. The lowest BCUT2D eigenvalue weighted by Crippen LogP contribution is -2.42. The molecular formula is C18H21FN2O3. The van der Waals surface area contributed by atoms with Gasteiger partial charge in [-0.3, -0.25) is 4.79 Å². The van der Waals surface area contributed by atoms with Gasteiger partial charge in [0.1, 0.15) is 17.5 Å². The minimum atomic E-state index is -0.288. The number of rotatable bonds is 3. The molecule has 5 nitrogen and oxygen atoms in total. The Balaban J connectivity index is 1.81. The predicted octanol–water partition coefficient (Wildman–Crippen LogP) is 3.46. The van der Waals surface area contributed by atoms with Gasteiger partial charge in [0, 0.05) is 12.5 Å². The average molecular weight is 332 g/mol. The number of halogens is 1. The molecule has 24 heavy (non-hydrogen) atoms. The van der Waals surface area contributed by atoms with Crippen molar-refractivity contribution in [1.29, 1.82) is 0 Å². The molecule has 1 fully saturated rings. The second kappa shape index (κ2) is 6.73. The van der Waals surface area contributed by atoms with E-state index in [0.29, 0.717) is 36.7 Å². The van der Waals surface area contributed by atoms with Gasteiger partial charge in [0.15, 0.2) is 5.76 Å². The van der Waals surface area contributed by atoms with Crippen LogP contribution in [-0.2, 0) is 4.74 Å². The summed E-state index contributed by atoms with van der Waals surface area (Å²) < 4.78 is 24.2. The summed E-state index contributed by atoms with van der Waals surface area (Å²) in [5, 5.41) is 3.95. The van der Waals surface area contributed by atoms with Crippen LogP contribution >= 0.6 is 0 Å². The van der Waals surface area contributed by atoms with E-state index in [1.54, 1.807) is 24.0 Å². The molecule has 6 heteroatoms. The molecule has 1 atom stereocenters. The molecule has 0 N–H and O–H groups in total. The first kappa shape index (κ1) is 16.6. The molecule has 128 valence electrons. The average Bonchev–Trinajstić information content (AvgIpc) is 2.97. The zero-order valence-electron chi connectivity index (χ0n) is 14.1. The summed E-state index contributed by atoms with van der Waals surface area (Å²) in [5.74, 6) is 0.318. The Morgan fingerprint density at radius 1 is 1.33 bits per heavy atom. The Bertz CT molecular complexity index is 724. The monoisotopic (exact) mass is 332 g/mol. The lowest BCUT2D eigenvalue weighted by molar-refractivity contribution is -0.0229. The number of carbonyl (C=O) groups is 1. The number of benzene rings is 1. The molecule has 1 aliphatic rings. The molecule has 2 aromatic rings. The summed E-state index contributed by atoms with van der Waals surface area (Å²) >= 11 is 0. The van der Waals surface area contributed by atoms with Gasteiger partial charge in [-0.15, -0.1) is 0 Å². The molecule has 0 unspecified atom stereocenters. The summed E-state index contributed by atoms with van der Waals surface area (Å²) in [6.45, 7) is 7.09. The SMILES string of the molecule is Cc1noc(C(C)C)c1C(=O)N1CCO[C@H](c2ccc(F)cc2)C1. The zero-order valence-corrected chi connectivity index (χ0v) is 14.1. The van der Waals surface area contributed by atoms with Crippen LogP contribution in [0, 0.1) is 12.7 Å². The maximum atomic E-state index is 13.1. The quantitative estimate of drug-likeness (QED) is 0.864. The number of aryl methyl sites for hydroxylation is 1. The minimum Gasteiger partial charge on any atom is -0.370 e. The van der Waals surface area contributed by atoms with Gasteiger partial charge in [-0.25, -0.2) is 4.39 Å². The largest absolute Gasteiger partial charge is 0.370 e. The van der Waals surface area contributed by atoms with Gasteiger partial charge in [0.05, 0.1) is 18.8 Å². The summed E-state index contributed by atoms with van der Waals surface area (Å²) in [5.41, 5.74) is 2.01. The third-order valence-electron chi connectivity index (χ3n) is 4.22. The van der Waals surface area contributed by atoms with Crippen LogP contribution < -0.4 is 0 Å². The molecule has 1 aromatic heterocycles. The van der Waals surface area contributed by atoms with Crippen molar-refractivity contribution in [2.75, 3.05) is 19.7 Å². The first-order valence-electron chi connectivity index (χ1n) is 8.10. The molecule has 0 spiro atoms. The fraction of sp³-hybridized carbons (Fsp3) is 0.444. The third kappa shape index (κ3) is 3.19. The highest BCUT2D eigenvalue weighted by Gasteiger charge is 2.31. The first-order chi connectivity index (χ1) is 11.5. The zero-order chi connectivity index (χ0) is 17.3. The van der Waals surface area contributed by atoms with Crippen molar-refractivity contribution in [2.45, 2.75) is 32.8 Å². The number of nitrogens with zero attached hydrogens (tertiary/aromatic N) is 2. The molecular weight excluding hydrogens is 311 g/mol. The van der Waals surface area contributed by atoms with Crippen molar-refractivity contribution in [3.05, 3.63) is 52.7 Å². The van der Waals surface area contributed by atoms with Crippen molar-refractivity contribution in [3.8, 4) is 0 Å². The Morgan fingerprint density at radius 3 is 2.71 bits per heavy atom. The van der Waals surface area contributed by atoms with E-state index >= 15 is 0 Å². The van der Waals surface area contributed by atoms with E-state index in [1.807, 2.05) is 13.8 Å². The van der Waals surface area contributed by atoms with Gasteiger partial charge in [0.25, 0.3) is 5.91 Å². The van der Waals surface area contributed by atoms with Crippen LogP contribution in [0.4, 0.5) is 4.39 Å². The minimum absolute atomic E-state index is 0.0825. The van der Waals surface area contributed by atoms with Crippen LogP contribution in [0.3, 0.4) is 0 Å². The standard InChI is InChI=1S/C18H21FN2O3/c1-11(2)17-16(12(3)20-24-17)18(22)21-8-9-23-15(10-21)13-4-6-14(19)7-5-13/h4-7,11,15H,8-10H2,1-3H3/t15-/m0/s1. The van der Waals surface area contributed by atoms with E-state index in [1.165, 1.54) is 12.1 Å². The van der Waals surface area contributed by atoms with E-state index in [9.17, 15) is 9.18 Å². The highest BCUT2D eigenvalue weighted by Crippen LogP contribution is 2.27. The maximum absolute atomic E-state index is 13.1. The molecule has 0 aliphatic carbocycles. The van der Waals surface area contributed by atoms with Gasteiger partial charge in [-0.2, -0.15) is 0 Å². The molecule has 0 bridgehead atoms. The number of morpholine rings is 1. The van der Waals surface area contributed by atoms with E-state index in [0.717, 1.165) is 5.56 Å². The summed E-state index contributed by atoms with van der Waals surface area (Å²) in [4.78, 5) is 14.7. The van der Waals surface area contributed by atoms with Gasteiger partial charge >= 0.3 is 0 Å². The first-order valence-corrected chi connectivity index (χ1v) is 8.10. The van der Waals surface area contributed by atoms with Crippen LogP contribution in [0.5, 0.6) is 0 Å². The van der Waals surface area contributed by atoms with Gasteiger partial charge < -0.3 is 14.2 Å². The summed E-state index contributed by atoms with van der Waals surface area (Å²) in [6.07, 6.45) is -0.258. The number of carbonyl (C=O) groups excluding carboxylic acids is 1. The Kier molecular flexibility index (Phi) is 4.66. The van der Waals surface area contributed by atoms with Crippen molar-refractivity contribution < 1.29 is 18.4 Å². The van der Waals surface area contributed by atoms with E-state index in [4.69, 9.17) is 9.26 Å². The van der Waals surface area contributed by atoms with Crippen LogP contribution in [0.15, 0.2) is 28.8 Å². The van der Waals surface area contributed by atoms with Crippen molar-refractivity contribution in [3.63, 3.8) is 0 Å². The van der Waals surface area contributed by atoms with Crippen molar-refractivity contribution in [1.82, 2.24) is 10.1 Å². The fourth-order valence-corrected chi connectivity index (χ4v) is 2.91. The molecule has 3 rings (SSSR count). The second-order valence-electron chi connectivity index (χ2n) is 6.32. The number of hydrogen-bond acceptors (Lipinski definition) is 4. The Hall–Kier alpha value is -2.21. The Labute approximate surface area is 140 Å². The normalized spacial score (nSPS) is 18.2. The molecule has 1 aliphatic heterocycles. The topological polar surface area (TPSA) is 55.6 Å². The lowest BCUT2D eigenvalue weighted by Gasteiger charge is -2.33. The molecule has 2 heterocycles. The molecule has 1 aromatic carbocycles. The summed E-state index contributed by atoms with van der Waals surface area (Å²) in [6, 6.07) is 6.19. The number of hydrogen-bond donors (Lipinski definition) is 0.